The Bertz CT molecular complexity index is 716. The van der Waals surface area contributed by atoms with Gasteiger partial charge in [0.15, 0.2) is 0 Å². The quantitative estimate of drug-likeness (QED) is 0.501. The molecule has 2 aromatic carbocycles. The lowest BCUT2D eigenvalue weighted by Gasteiger charge is -2.02. The molecule has 21 heavy (non-hydrogen) atoms. The number of aromatic hydroxyl groups is 2. The van der Waals surface area contributed by atoms with Crippen molar-refractivity contribution in [2.45, 2.75) is 6.54 Å². The van der Waals surface area contributed by atoms with Crippen LogP contribution in [0.1, 0.15) is 11.1 Å². The first-order chi connectivity index (χ1) is 9.97. The van der Waals surface area contributed by atoms with Crippen LogP contribution in [0, 0.1) is 10.1 Å². The monoisotopic (exact) mass is 350 g/mol. The van der Waals surface area contributed by atoms with Crippen LogP contribution in [-0.2, 0) is 6.54 Å². The Kier molecular flexibility index (Phi) is 4.54. The Balaban J connectivity index is 2.20. The summed E-state index contributed by atoms with van der Waals surface area (Å²) < 4.78 is 0.809. The number of nitro groups is 1. The molecule has 2 N–H and O–H groups in total. The molecular weight excluding hydrogens is 340 g/mol. The number of hydrogen-bond donors (Lipinski definition) is 2. The van der Waals surface area contributed by atoms with Crippen molar-refractivity contribution in [3.05, 3.63) is 62.1 Å². The fourth-order valence-corrected chi connectivity index (χ4v) is 2.09. The number of halogens is 1. The molecule has 0 aliphatic carbocycles. The third-order valence-electron chi connectivity index (χ3n) is 2.76. The molecule has 0 radical (unpaired) electrons. The number of aliphatic imine (C=N–C) groups is 1. The second kappa shape index (κ2) is 6.36. The van der Waals surface area contributed by atoms with Gasteiger partial charge >= 0.3 is 0 Å². The Morgan fingerprint density at radius 2 is 1.90 bits per heavy atom. The Morgan fingerprint density at radius 3 is 2.62 bits per heavy atom. The van der Waals surface area contributed by atoms with Crippen LogP contribution in [0.3, 0.4) is 0 Å². The summed E-state index contributed by atoms with van der Waals surface area (Å²) in [5, 5.41) is 30.0. The minimum absolute atomic E-state index is 0.0946. The number of nitrogens with zero attached hydrogens (tertiary/aromatic N) is 2. The van der Waals surface area contributed by atoms with Crippen molar-refractivity contribution in [1.82, 2.24) is 0 Å². The normalized spacial score (nSPS) is 10.9. The van der Waals surface area contributed by atoms with E-state index >= 15 is 0 Å². The first kappa shape index (κ1) is 15.0. The molecule has 0 bridgehead atoms. The molecule has 2 rings (SSSR count). The van der Waals surface area contributed by atoms with Crippen molar-refractivity contribution >= 4 is 27.8 Å². The lowest BCUT2D eigenvalue weighted by Crippen LogP contribution is -1.91. The van der Waals surface area contributed by atoms with E-state index in [1.54, 1.807) is 18.2 Å². The van der Waals surface area contributed by atoms with Crippen molar-refractivity contribution in [3.63, 3.8) is 0 Å². The van der Waals surface area contributed by atoms with E-state index in [1.165, 1.54) is 24.4 Å². The molecule has 0 aromatic heterocycles. The van der Waals surface area contributed by atoms with Crippen LogP contribution in [0.5, 0.6) is 11.5 Å². The maximum atomic E-state index is 10.7. The summed E-state index contributed by atoms with van der Waals surface area (Å²) in [5.74, 6) is 0.0152. The lowest BCUT2D eigenvalue weighted by molar-refractivity contribution is -0.384. The summed E-state index contributed by atoms with van der Waals surface area (Å²) >= 11 is 3.29. The molecule has 0 amide bonds. The molecule has 0 aliphatic heterocycles. The summed E-state index contributed by atoms with van der Waals surface area (Å²) in [4.78, 5) is 14.2. The van der Waals surface area contributed by atoms with E-state index in [9.17, 15) is 20.3 Å². The SMILES string of the molecule is O=[N+]([O-])c1ccc(O)c(C=NCc2cc(Br)ccc2O)c1. The number of phenolic OH excluding ortho intramolecular Hbond substituents is 2. The van der Waals surface area contributed by atoms with Crippen molar-refractivity contribution in [1.29, 1.82) is 0 Å². The summed E-state index contributed by atoms with van der Waals surface area (Å²) in [7, 11) is 0. The summed E-state index contributed by atoms with van der Waals surface area (Å²) in [6, 6.07) is 8.66. The van der Waals surface area contributed by atoms with Crippen molar-refractivity contribution < 1.29 is 15.1 Å². The van der Waals surface area contributed by atoms with E-state index < -0.39 is 4.92 Å². The van der Waals surface area contributed by atoms with E-state index in [2.05, 4.69) is 20.9 Å². The predicted molar refractivity (Wildman–Crippen MR) is 81.9 cm³/mol. The van der Waals surface area contributed by atoms with Crippen LogP contribution in [0.15, 0.2) is 45.9 Å². The zero-order valence-electron chi connectivity index (χ0n) is 10.7. The van der Waals surface area contributed by atoms with E-state index in [-0.39, 0.29) is 29.3 Å². The second-order valence-electron chi connectivity index (χ2n) is 4.24. The average molecular weight is 351 g/mol. The fraction of sp³-hybridized carbons (Fsp3) is 0.0714. The van der Waals surface area contributed by atoms with E-state index in [1.807, 2.05) is 0 Å². The summed E-state index contributed by atoms with van der Waals surface area (Å²) in [6.45, 7) is 0.188. The fourth-order valence-electron chi connectivity index (χ4n) is 1.68. The zero-order valence-corrected chi connectivity index (χ0v) is 12.3. The molecule has 0 unspecified atom stereocenters. The predicted octanol–water partition coefficient (Wildman–Crippen LogP) is 3.39. The van der Waals surface area contributed by atoms with Crippen molar-refractivity contribution in [2.75, 3.05) is 0 Å². The number of benzene rings is 2. The highest BCUT2D eigenvalue weighted by Crippen LogP contribution is 2.24. The van der Waals surface area contributed by atoms with E-state index in [0.717, 1.165) is 4.47 Å². The molecule has 0 saturated carbocycles. The van der Waals surface area contributed by atoms with Gasteiger partial charge in [-0.15, -0.1) is 0 Å². The first-order valence-corrected chi connectivity index (χ1v) is 6.71. The van der Waals surface area contributed by atoms with Gasteiger partial charge < -0.3 is 10.2 Å². The van der Waals surface area contributed by atoms with Crippen LogP contribution in [0.25, 0.3) is 0 Å². The number of non-ortho nitro benzene ring substituents is 1. The highest BCUT2D eigenvalue weighted by Gasteiger charge is 2.08. The Labute approximate surface area is 128 Å². The average Bonchev–Trinajstić information content (AvgIpc) is 2.44. The van der Waals surface area contributed by atoms with Crippen molar-refractivity contribution in [2.24, 2.45) is 4.99 Å². The minimum Gasteiger partial charge on any atom is -0.508 e. The number of phenols is 2. The molecule has 0 heterocycles. The number of rotatable bonds is 4. The molecule has 6 nitrogen and oxygen atoms in total. The third kappa shape index (κ3) is 3.79. The third-order valence-corrected chi connectivity index (χ3v) is 3.25. The van der Waals surface area contributed by atoms with Gasteiger partial charge in [0.1, 0.15) is 11.5 Å². The number of nitro benzene ring substituents is 1. The lowest BCUT2D eigenvalue weighted by atomic mass is 10.2. The maximum Gasteiger partial charge on any atom is 0.270 e. The molecular formula is C14H11BrN2O4. The van der Waals surface area contributed by atoms with Gasteiger partial charge in [0.2, 0.25) is 0 Å². The van der Waals surface area contributed by atoms with Gasteiger partial charge in [-0.05, 0) is 24.3 Å². The molecule has 2 aromatic rings. The van der Waals surface area contributed by atoms with E-state index in [0.29, 0.717) is 5.56 Å². The highest BCUT2D eigenvalue weighted by atomic mass is 79.9. The minimum atomic E-state index is -0.545. The smallest absolute Gasteiger partial charge is 0.270 e. The summed E-state index contributed by atoms with van der Waals surface area (Å²) in [6.07, 6.45) is 1.34. The Hall–Kier alpha value is -2.41. The van der Waals surface area contributed by atoms with Crippen molar-refractivity contribution in [3.8, 4) is 11.5 Å². The molecule has 0 aliphatic rings. The summed E-state index contributed by atoms with van der Waals surface area (Å²) in [5.41, 5.74) is 0.726. The van der Waals surface area contributed by atoms with Crippen LogP contribution in [-0.4, -0.2) is 21.4 Å². The standard InChI is InChI=1S/C14H11BrN2O4/c15-11-1-3-13(18)9(5-11)7-16-8-10-6-12(17(20)21)2-4-14(10)19/h1-6,8,18-19H,7H2. The molecule has 0 fully saturated rings. The Morgan fingerprint density at radius 1 is 1.19 bits per heavy atom. The van der Waals surface area contributed by atoms with Gasteiger partial charge in [0.05, 0.1) is 11.5 Å². The van der Waals surface area contributed by atoms with E-state index in [4.69, 9.17) is 0 Å². The molecule has 0 atom stereocenters. The maximum absolute atomic E-state index is 10.7. The molecule has 0 saturated heterocycles. The van der Waals surface area contributed by atoms with Gasteiger partial charge in [0.25, 0.3) is 5.69 Å². The van der Waals surface area contributed by atoms with Gasteiger partial charge in [0, 0.05) is 33.9 Å². The van der Waals surface area contributed by atoms with Gasteiger partial charge in [-0.3, -0.25) is 15.1 Å². The topological polar surface area (TPSA) is 96.0 Å². The van der Waals surface area contributed by atoms with Gasteiger partial charge in [-0.25, -0.2) is 0 Å². The molecule has 7 heteroatoms. The van der Waals surface area contributed by atoms with Crippen LogP contribution >= 0.6 is 15.9 Å². The van der Waals surface area contributed by atoms with Gasteiger partial charge in [-0.1, -0.05) is 15.9 Å². The van der Waals surface area contributed by atoms with Gasteiger partial charge in [-0.2, -0.15) is 0 Å². The van der Waals surface area contributed by atoms with Crippen LogP contribution in [0.4, 0.5) is 5.69 Å². The van der Waals surface area contributed by atoms with Crippen LogP contribution < -0.4 is 0 Å². The second-order valence-corrected chi connectivity index (χ2v) is 5.16. The first-order valence-electron chi connectivity index (χ1n) is 5.92. The highest BCUT2D eigenvalue weighted by molar-refractivity contribution is 9.10. The van der Waals surface area contributed by atoms with Crippen LogP contribution in [0.2, 0.25) is 0 Å². The largest absolute Gasteiger partial charge is 0.508 e. The zero-order chi connectivity index (χ0) is 15.4. The molecule has 0 spiro atoms. The molecule has 108 valence electrons. The number of hydrogen-bond acceptors (Lipinski definition) is 5.